The van der Waals surface area contributed by atoms with Gasteiger partial charge in [0.05, 0.1) is 12.7 Å². The van der Waals surface area contributed by atoms with Crippen LogP contribution in [0.3, 0.4) is 0 Å². The summed E-state index contributed by atoms with van der Waals surface area (Å²) in [6, 6.07) is 1.56. The van der Waals surface area contributed by atoms with Crippen LogP contribution in [-0.4, -0.2) is 34.5 Å². The van der Waals surface area contributed by atoms with E-state index in [1.165, 1.54) is 11.7 Å². The summed E-state index contributed by atoms with van der Waals surface area (Å²) in [7, 11) is 1.52. The standard InChI is InChI=1S/C9H15N3O3/c1-15-7(6-13)2-4-12-5-3-8(10)11-9(12)14/h3,5,7,13H,2,4,6H2,1H3,(H2,10,11,14). The number of aliphatic hydroxyl groups is 1. The second-order valence-electron chi connectivity index (χ2n) is 3.16. The number of aliphatic hydroxyl groups excluding tert-OH is 1. The predicted molar refractivity (Wildman–Crippen MR) is 55.4 cm³/mol. The molecule has 0 fully saturated rings. The third kappa shape index (κ3) is 3.34. The zero-order chi connectivity index (χ0) is 11.3. The van der Waals surface area contributed by atoms with E-state index < -0.39 is 0 Å². The molecular formula is C9H15N3O3. The van der Waals surface area contributed by atoms with Gasteiger partial charge < -0.3 is 15.6 Å². The second kappa shape index (κ2) is 5.47. The average molecular weight is 213 g/mol. The van der Waals surface area contributed by atoms with E-state index in [1.807, 2.05) is 0 Å². The van der Waals surface area contributed by atoms with E-state index in [0.717, 1.165) is 0 Å². The molecule has 1 heterocycles. The molecule has 3 N–H and O–H groups in total. The Morgan fingerprint density at radius 2 is 2.47 bits per heavy atom. The first-order valence-electron chi connectivity index (χ1n) is 4.64. The van der Waals surface area contributed by atoms with Crippen LogP contribution in [0.5, 0.6) is 0 Å². The minimum atomic E-state index is -0.386. The lowest BCUT2D eigenvalue weighted by Gasteiger charge is -2.12. The lowest BCUT2D eigenvalue weighted by atomic mass is 10.2. The summed E-state index contributed by atoms with van der Waals surface area (Å²) in [4.78, 5) is 14.9. The molecule has 1 aromatic heterocycles. The van der Waals surface area contributed by atoms with Crippen molar-refractivity contribution in [2.75, 3.05) is 19.5 Å². The van der Waals surface area contributed by atoms with Crippen LogP contribution in [0.2, 0.25) is 0 Å². The zero-order valence-electron chi connectivity index (χ0n) is 8.59. The number of nitrogen functional groups attached to an aromatic ring is 1. The fourth-order valence-electron chi connectivity index (χ4n) is 1.18. The van der Waals surface area contributed by atoms with Crippen LogP contribution in [0.25, 0.3) is 0 Å². The number of nitrogens with zero attached hydrogens (tertiary/aromatic N) is 2. The molecule has 0 saturated heterocycles. The molecule has 6 heteroatoms. The van der Waals surface area contributed by atoms with Gasteiger partial charge in [-0.3, -0.25) is 4.57 Å². The van der Waals surface area contributed by atoms with Crippen molar-refractivity contribution in [3.8, 4) is 0 Å². The van der Waals surface area contributed by atoms with E-state index in [9.17, 15) is 4.79 Å². The number of anilines is 1. The molecule has 0 spiro atoms. The number of aromatic nitrogens is 2. The van der Waals surface area contributed by atoms with Crippen molar-refractivity contribution in [2.45, 2.75) is 19.1 Å². The Balaban J connectivity index is 2.61. The zero-order valence-corrected chi connectivity index (χ0v) is 8.59. The molecule has 1 unspecified atom stereocenters. The number of hydrogen-bond donors (Lipinski definition) is 2. The van der Waals surface area contributed by atoms with E-state index >= 15 is 0 Å². The minimum Gasteiger partial charge on any atom is -0.394 e. The van der Waals surface area contributed by atoms with Crippen LogP contribution in [0.1, 0.15) is 6.42 Å². The molecule has 1 rings (SSSR count). The summed E-state index contributed by atoms with van der Waals surface area (Å²) >= 11 is 0. The number of aryl methyl sites for hydroxylation is 1. The van der Waals surface area contributed by atoms with Gasteiger partial charge in [0.1, 0.15) is 5.82 Å². The Morgan fingerprint density at radius 1 is 1.73 bits per heavy atom. The van der Waals surface area contributed by atoms with E-state index in [1.54, 1.807) is 12.3 Å². The van der Waals surface area contributed by atoms with Gasteiger partial charge in [-0.15, -0.1) is 0 Å². The lowest BCUT2D eigenvalue weighted by Crippen LogP contribution is -2.26. The molecule has 15 heavy (non-hydrogen) atoms. The van der Waals surface area contributed by atoms with Crippen molar-refractivity contribution in [2.24, 2.45) is 0 Å². The largest absolute Gasteiger partial charge is 0.394 e. The quantitative estimate of drug-likeness (QED) is 0.669. The Labute approximate surface area is 87.3 Å². The fraction of sp³-hybridized carbons (Fsp3) is 0.556. The second-order valence-corrected chi connectivity index (χ2v) is 3.16. The predicted octanol–water partition coefficient (Wildman–Crippen LogP) is -0.777. The van der Waals surface area contributed by atoms with E-state index in [4.69, 9.17) is 15.6 Å². The molecule has 6 nitrogen and oxygen atoms in total. The van der Waals surface area contributed by atoms with E-state index in [0.29, 0.717) is 13.0 Å². The van der Waals surface area contributed by atoms with Crippen molar-refractivity contribution in [1.29, 1.82) is 0 Å². The molecule has 84 valence electrons. The van der Waals surface area contributed by atoms with Crippen LogP contribution in [0.15, 0.2) is 17.1 Å². The van der Waals surface area contributed by atoms with E-state index in [-0.39, 0.29) is 24.2 Å². The summed E-state index contributed by atoms with van der Waals surface area (Å²) in [5.74, 6) is 0.210. The number of rotatable bonds is 5. The van der Waals surface area contributed by atoms with Crippen LogP contribution in [0.4, 0.5) is 5.82 Å². The van der Waals surface area contributed by atoms with Gasteiger partial charge in [-0.1, -0.05) is 0 Å². The number of methoxy groups -OCH3 is 1. The van der Waals surface area contributed by atoms with Gasteiger partial charge in [0.15, 0.2) is 0 Å². The molecular weight excluding hydrogens is 198 g/mol. The van der Waals surface area contributed by atoms with Crippen molar-refractivity contribution in [1.82, 2.24) is 9.55 Å². The van der Waals surface area contributed by atoms with Crippen LogP contribution < -0.4 is 11.4 Å². The molecule has 0 amide bonds. The van der Waals surface area contributed by atoms with Crippen molar-refractivity contribution in [3.63, 3.8) is 0 Å². The average Bonchev–Trinajstić information content (AvgIpc) is 2.22. The van der Waals surface area contributed by atoms with Gasteiger partial charge in [0.25, 0.3) is 0 Å². The molecule has 0 radical (unpaired) electrons. The number of nitrogens with two attached hydrogens (primary N) is 1. The highest BCUT2D eigenvalue weighted by Crippen LogP contribution is 1.98. The highest BCUT2D eigenvalue weighted by Gasteiger charge is 2.06. The highest BCUT2D eigenvalue weighted by atomic mass is 16.5. The van der Waals surface area contributed by atoms with Gasteiger partial charge in [0, 0.05) is 19.9 Å². The van der Waals surface area contributed by atoms with Gasteiger partial charge in [0.2, 0.25) is 0 Å². The first kappa shape index (κ1) is 11.7. The topological polar surface area (TPSA) is 90.4 Å². The monoisotopic (exact) mass is 213 g/mol. The summed E-state index contributed by atoms with van der Waals surface area (Å²) in [6.45, 7) is 0.388. The molecule has 0 aliphatic heterocycles. The highest BCUT2D eigenvalue weighted by molar-refractivity contribution is 5.23. The third-order valence-corrected chi connectivity index (χ3v) is 2.12. The van der Waals surface area contributed by atoms with Crippen molar-refractivity contribution in [3.05, 3.63) is 22.7 Å². The minimum absolute atomic E-state index is 0.0619. The van der Waals surface area contributed by atoms with Crippen LogP contribution in [-0.2, 0) is 11.3 Å². The first-order chi connectivity index (χ1) is 7.17. The summed E-state index contributed by atoms with van der Waals surface area (Å²) < 4.78 is 6.40. The van der Waals surface area contributed by atoms with Crippen LogP contribution in [0, 0.1) is 0 Å². The molecule has 0 saturated carbocycles. The first-order valence-corrected chi connectivity index (χ1v) is 4.64. The van der Waals surface area contributed by atoms with Crippen LogP contribution >= 0.6 is 0 Å². The lowest BCUT2D eigenvalue weighted by molar-refractivity contribution is 0.0401. The van der Waals surface area contributed by atoms with Crippen molar-refractivity contribution >= 4 is 5.82 Å². The normalized spacial score (nSPS) is 12.7. The Bertz CT molecular complexity index is 360. The molecule has 0 bridgehead atoms. The van der Waals surface area contributed by atoms with Gasteiger partial charge in [-0.25, -0.2) is 4.79 Å². The maximum atomic E-state index is 11.3. The Kier molecular flexibility index (Phi) is 4.26. The SMILES string of the molecule is COC(CO)CCn1ccc(N)nc1=O. The fourth-order valence-corrected chi connectivity index (χ4v) is 1.18. The Hall–Kier alpha value is -1.40. The summed E-state index contributed by atoms with van der Waals surface area (Å²) in [6.07, 6.45) is 1.88. The molecule has 0 aliphatic rings. The maximum absolute atomic E-state index is 11.3. The molecule has 0 aromatic carbocycles. The smallest absolute Gasteiger partial charge is 0.349 e. The third-order valence-electron chi connectivity index (χ3n) is 2.12. The van der Waals surface area contributed by atoms with Crippen molar-refractivity contribution < 1.29 is 9.84 Å². The number of hydrogen-bond acceptors (Lipinski definition) is 5. The summed E-state index contributed by atoms with van der Waals surface area (Å²) in [5.41, 5.74) is 4.96. The van der Waals surface area contributed by atoms with Gasteiger partial charge >= 0.3 is 5.69 Å². The maximum Gasteiger partial charge on any atom is 0.349 e. The van der Waals surface area contributed by atoms with Gasteiger partial charge in [-0.05, 0) is 12.5 Å². The molecule has 0 aliphatic carbocycles. The Morgan fingerprint density at radius 3 is 3.00 bits per heavy atom. The van der Waals surface area contributed by atoms with Gasteiger partial charge in [-0.2, -0.15) is 4.98 Å². The number of ether oxygens (including phenoxy) is 1. The molecule has 1 atom stereocenters. The summed E-state index contributed by atoms with van der Waals surface area (Å²) in [5, 5.41) is 8.87. The van der Waals surface area contributed by atoms with E-state index in [2.05, 4.69) is 4.98 Å². The molecule has 1 aromatic rings.